The molecule has 1 aliphatic rings. The lowest BCUT2D eigenvalue weighted by Gasteiger charge is -2.07. The molecule has 0 atom stereocenters. The largest absolute Gasteiger partial charge is 0.496 e. The molecule has 1 aromatic heterocycles. The Labute approximate surface area is 125 Å². The molecule has 19 heavy (non-hydrogen) atoms. The third-order valence-corrected chi connectivity index (χ3v) is 3.93. The van der Waals surface area contributed by atoms with E-state index in [0.717, 1.165) is 21.5 Å². The summed E-state index contributed by atoms with van der Waals surface area (Å²) in [4.78, 5) is 8.91. The number of methoxy groups -OCH3 is 1. The van der Waals surface area contributed by atoms with Crippen molar-refractivity contribution in [1.82, 2.24) is 9.97 Å². The lowest BCUT2D eigenvalue weighted by atomic mass is 10.2. The van der Waals surface area contributed by atoms with Crippen LogP contribution in [-0.2, 0) is 0 Å². The monoisotopic (exact) mass is 338 g/mol. The Morgan fingerprint density at radius 1 is 1.26 bits per heavy atom. The van der Waals surface area contributed by atoms with E-state index in [1.807, 2.05) is 24.3 Å². The maximum Gasteiger partial charge on any atom is 0.161 e. The molecule has 3 rings (SSSR count). The average Bonchev–Trinajstić information content (AvgIpc) is 3.22. The minimum atomic E-state index is 0.499. The van der Waals surface area contributed by atoms with E-state index in [1.165, 1.54) is 12.8 Å². The maximum atomic E-state index is 6.08. The van der Waals surface area contributed by atoms with Crippen LogP contribution in [0.3, 0.4) is 0 Å². The summed E-state index contributed by atoms with van der Waals surface area (Å²) in [7, 11) is 1.64. The number of hydrogen-bond acceptors (Lipinski definition) is 3. The van der Waals surface area contributed by atoms with Crippen LogP contribution >= 0.6 is 27.5 Å². The number of halogens is 2. The second kappa shape index (κ2) is 5.10. The molecule has 0 unspecified atom stereocenters. The lowest BCUT2D eigenvalue weighted by Crippen LogP contribution is -1.95. The van der Waals surface area contributed by atoms with Crippen LogP contribution in [0.1, 0.15) is 24.5 Å². The van der Waals surface area contributed by atoms with Crippen molar-refractivity contribution in [2.45, 2.75) is 18.8 Å². The van der Waals surface area contributed by atoms with E-state index in [0.29, 0.717) is 16.9 Å². The first kappa shape index (κ1) is 12.9. The molecule has 1 aliphatic carbocycles. The molecule has 0 radical (unpaired) electrons. The fourth-order valence-electron chi connectivity index (χ4n) is 1.96. The first-order valence-electron chi connectivity index (χ1n) is 6.06. The summed E-state index contributed by atoms with van der Waals surface area (Å²) in [5.74, 6) is 2.01. The summed E-state index contributed by atoms with van der Waals surface area (Å²) < 4.78 is 6.10. The molecule has 1 heterocycles. The zero-order valence-electron chi connectivity index (χ0n) is 10.4. The standard InChI is InChI=1S/C14H12BrClN2O/c1-19-12-5-4-9(6-10(12)15)14-17-11(8-2-3-8)7-13(16)18-14/h4-8H,2-3H2,1H3. The summed E-state index contributed by atoms with van der Waals surface area (Å²) in [6.45, 7) is 0. The molecule has 1 aromatic carbocycles. The van der Waals surface area contributed by atoms with Gasteiger partial charge in [-0.1, -0.05) is 11.6 Å². The van der Waals surface area contributed by atoms with Crippen molar-refractivity contribution >= 4 is 27.5 Å². The fourth-order valence-corrected chi connectivity index (χ4v) is 2.69. The number of hydrogen-bond donors (Lipinski definition) is 0. The van der Waals surface area contributed by atoms with Crippen molar-refractivity contribution in [3.8, 4) is 17.1 Å². The van der Waals surface area contributed by atoms with Gasteiger partial charge < -0.3 is 4.74 Å². The topological polar surface area (TPSA) is 35.0 Å². The van der Waals surface area contributed by atoms with Gasteiger partial charge in [-0.3, -0.25) is 0 Å². The van der Waals surface area contributed by atoms with Gasteiger partial charge in [0.05, 0.1) is 11.6 Å². The summed E-state index contributed by atoms with van der Waals surface area (Å²) >= 11 is 9.55. The molecule has 0 saturated heterocycles. The SMILES string of the molecule is COc1ccc(-c2nc(Cl)cc(C3CC3)n2)cc1Br. The molecule has 0 N–H and O–H groups in total. The van der Waals surface area contributed by atoms with E-state index in [4.69, 9.17) is 16.3 Å². The van der Waals surface area contributed by atoms with Crippen LogP contribution in [0.15, 0.2) is 28.7 Å². The summed E-state index contributed by atoms with van der Waals surface area (Å²) in [6.07, 6.45) is 2.39. The van der Waals surface area contributed by atoms with E-state index in [-0.39, 0.29) is 0 Å². The average molecular weight is 340 g/mol. The highest BCUT2D eigenvalue weighted by molar-refractivity contribution is 9.10. The van der Waals surface area contributed by atoms with E-state index in [2.05, 4.69) is 25.9 Å². The zero-order chi connectivity index (χ0) is 13.4. The van der Waals surface area contributed by atoms with Gasteiger partial charge in [0, 0.05) is 17.2 Å². The zero-order valence-corrected chi connectivity index (χ0v) is 12.7. The van der Waals surface area contributed by atoms with Crippen molar-refractivity contribution in [3.63, 3.8) is 0 Å². The summed E-state index contributed by atoms with van der Waals surface area (Å²) in [5.41, 5.74) is 1.97. The van der Waals surface area contributed by atoms with Gasteiger partial charge in [0.15, 0.2) is 5.82 Å². The smallest absolute Gasteiger partial charge is 0.161 e. The van der Waals surface area contributed by atoms with Gasteiger partial charge in [-0.25, -0.2) is 9.97 Å². The predicted molar refractivity (Wildman–Crippen MR) is 78.7 cm³/mol. The summed E-state index contributed by atoms with van der Waals surface area (Å²) in [5, 5.41) is 0.499. The molecular weight excluding hydrogens is 328 g/mol. The quantitative estimate of drug-likeness (QED) is 0.775. The predicted octanol–water partition coefficient (Wildman–Crippen LogP) is 4.45. The number of aromatic nitrogens is 2. The summed E-state index contributed by atoms with van der Waals surface area (Å²) in [6, 6.07) is 7.63. The van der Waals surface area contributed by atoms with Crippen LogP contribution in [0, 0.1) is 0 Å². The van der Waals surface area contributed by atoms with Crippen molar-refractivity contribution in [2.75, 3.05) is 7.11 Å². The lowest BCUT2D eigenvalue weighted by molar-refractivity contribution is 0.412. The molecule has 3 nitrogen and oxygen atoms in total. The Morgan fingerprint density at radius 3 is 2.68 bits per heavy atom. The minimum absolute atomic E-state index is 0.499. The Kier molecular flexibility index (Phi) is 3.46. The Bertz CT molecular complexity index is 629. The molecule has 2 aromatic rings. The van der Waals surface area contributed by atoms with Gasteiger partial charge in [-0.15, -0.1) is 0 Å². The highest BCUT2D eigenvalue weighted by atomic mass is 79.9. The second-order valence-electron chi connectivity index (χ2n) is 4.56. The highest BCUT2D eigenvalue weighted by Crippen LogP contribution is 2.40. The van der Waals surface area contributed by atoms with Crippen LogP contribution in [0.5, 0.6) is 5.75 Å². The van der Waals surface area contributed by atoms with E-state index >= 15 is 0 Å². The van der Waals surface area contributed by atoms with Crippen LogP contribution in [0.2, 0.25) is 5.15 Å². The van der Waals surface area contributed by atoms with Gasteiger partial charge in [-0.05, 0) is 53.0 Å². The second-order valence-corrected chi connectivity index (χ2v) is 5.80. The number of benzene rings is 1. The third-order valence-electron chi connectivity index (χ3n) is 3.12. The first-order valence-corrected chi connectivity index (χ1v) is 7.23. The van der Waals surface area contributed by atoms with Crippen molar-refractivity contribution < 1.29 is 4.74 Å². The Hall–Kier alpha value is -1.13. The van der Waals surface area contributed by atoms with Crippen LogP contribution in [0.25, 0.3) is 11.4 Å². The molecule has 0 amide bonds. The first-order chi connectivity index (χ1) is 9.17. The maximum absolute atomic E-state index is 6.08. The van der Waals surface area contributed by atoms with Crippen molar-refractivity contribution in [1.29, 1.82) is 0 Å². The van der Waals surface area contributed by atoms with Gasteiger partial charge in [0.25, 0.3) is 0 Å². The van der Waals surface area contributed by atoms with E-state index in [1.54, 1.807) is 7.11 Å². The Balaban J connectivity index is 2.03. The minimum Gasteiger partial charge on any atom is -0.496 e. The van der Waals surface area contributed by atoms with Gasteiger partial charge >= 0.3 is 0 Å². The molecule has 5 heteroatoms. The van der Waals surface area contributed by atoms with Crippen LogP contribution in [-0.4, -0.2) is 17.1 Å². The normalized spacial score (nSPS) is 14.5. The number of nitrogens with zero attached hydrogens (tertiary/aromatic N) is 2. The van der Waals surface area contributed by atoms with E-state index in [9.17, 15) is 0 Å². The number of rotatable bonds is 3. The van der Waals surface area contributed by atoms with Crippen molar-refractivity contribution in [2.24, 2.45) is 0 Å². The molecule has 0 spiro atoms. The third kappa shape index (κ3) is 2.74. The van der Waals surface area contributed by atoms with Crippen LogP contribution < -0.4 is 4.74 Å². The van der Waals surface area contributed by atoms with Gasteiger partial charge in [-0.2, -0.15) is 0 Å². The molecule has 1 saturated carbocycles. The molecule has 0 bridgehead atoms. The fraction of sp³-hybridized carbons (Fsp3) is 0.286. The van der Waals surface area contributed by atoms with E-state index < -0.39 is 0 Å². The molecule has 0 aliphatic heterocycles. The Morgan fingerprint density at radius 2 is 2.05 bits per heavy atom. The molecular formula is C14H12BrClN2O. The van der Waals surface area contributed by atoms with Crippen molar-refractivity contribution in [3.05, 3.63) is 39.6 Å². The van der Waals surface area contributed by atoms with Crippen LogP contribution in [0.4, 0.5) is 0 Å². The van der Waals surface area contributed by atoms with Gasteiger partial charge in [0.1, 0.15) is 10.9 Å². The number of ether oxygens (including phenoxy) is 1. The van der Waals surface area contributed by atoms with Gasteiger partial charge in [0.2, 0.25) is 0 Å². The molecule has 98 valence electrons. The molecule has 1 fully saturated rings. The highest BCUT2D eigenvalue weighted by Gasteiger charge is 2.26.